The van der Waals surface area contributed by atoms with Gasteiger partial charge in [0.2, 0.25) is 0 Å². The zero-order chi connectivity index (χ0) is 13.3. The second-order valence-electron chi connectivity index (χ2n) is 3.58. The fourth-order valence-corrected chi connectivity index (χ4v) is 2.36. The highest BCUT2D eigenvalue weighted by Gasteiger charge is 2.15. The van der Waals surface area contributed by atoms with Gasteiger partial charge in [-0.3, -0.25) is 4.57 Å². The molecule has 0 amide bonds. The molecule has 2 rings (SSSR count). The number of halogens is 1. The van der Waals surface area contributed by atoms with Crippen molar-refractivity contribution in [2.45, 2.75) is 11.4 Å². The third kappa shape index (κ3) is 2.43. The van der Waals surface area contributed by atoms with Crippen LogP contribution in [0.3, 0.4) is 0 Å². The van der Waals surface area contributed by atoms with Gasteiger partial charge in [-0.05, 0) is 12.1 Å². The molecule has 0 bridgehead atoms. The molecule has 0 N–H and O–H groups in total. The van der Waals surface area contributed by atoms with Crippen LogP contribution >= 0.6 is 10.7 Å². The molecule has 1 aromatic heterocycles. The minimum Gasteiger partial charge on any atom is -0.408 e. The van der Waals surface area contributed by atoms with E-state index in [2.05, 4.69) is 0 Å². The molecule has 0 fully saturated rings. The molecule has 1 aromatic carbocycles. The smallest absolute Gasteiger partial charge is 0.408 e. The number of fused-ring (bicyclic) bond motifs is 1. The van der Waals surface area contributed by atoms with Crippen LogP contribution in [-0.4, -0.2) is 26.7 Å². The van der Waals surface area contributed by atoms with Crippen molar-refractivity contribution in [1.82, 2.24) is 4.57 Å². The zero-order valence-corrected chi connectivity index (χ0v) is 11.0. The lowest BCUT2D eigenvalue weighted by Crippen LogP contribution is -2.16. The first-order chi connectivity index (χ1) is 8.43. The summed E-state index contributed by atoms with van der Waals surface area (Å²) in [6.45, 7) is 0.680. The van der Waals surface area contributed by atoms with Crippen LogP contribution in [0, 0.1) is 0 Å². The number of rotatable bonds is 4. The van der Waals surface area contributed by atoms with Crippen molar-refractivity contribution in [2.75, 3.05) is 13.7 Å². The van der Waals surface area contributed by atoms with E-state index in [-0.39, 0.29) is 10.5 Å². The average molecular weight is 292 g/mol. The molecule has 6 nitrogen and oxygen atoms in total. The van der Waals surface area contributed by atoms with Crippen LogP contribution in [0.4, 0.5) is 0 Å². The highest BCUT2D eigenvalue weighted by molar-refractivity contribution is 8.13. The van der Waals surface area contributed by atoms with E-state index in [0.717, 1.165) is 0 Å². The van der Waals surface area contributed by atoms with E-state index in [1.165, 1.54) is 29.9 Å². The van der Waals surface area contributed by atoms with E-state index >= 15 is 0 Å². The Labute approximate surface area is 107 Å². The lowest BCUT2D eigenvalue weighted by molar-refractivity contribution is 0.186. The van der Waals surface area contributed by atoms with Crippen molar-refractivity contribution < 1.29 is 17.6 Å². The van der Waals surface area contributed by atoms with Crippen molar-refractivity contribution in [2.24, 2.45) is 0 Å². The molecule has 0 saturated carbocycles. The minimum atomic E-state index is -3.84. The van der Waals surface area contributed by atoms with Gasteiger partial charge in [-0.15, -0.1) is 0 Å². The zero-order valence-electron chi connectivity index (χ0n) is 9.42. The Morgan fingerprint density at radius 1 is 1.44 bits per heavy atom. The average Bonchev–Trinajstić information content (AvgIpc) is 2.60. The van der Waals surface area contributed by atoms with Crippen molar-refractivity contribution in [3.63, 3.8) is 0 Å². The van der Waals surface area contributed by atoms with Gasteiger partial charge in [-0.2, -0.15) is 0 Å². The second-order valence-corrected chi connectivity index (χ2v) is 6.15. The standard InChI is InChI=1S/C10H10ClNO5S/c1-16-5-4-12-8-3-2-7(18(11,14)15)6-9(8)17-10(12)13/h2-3,6H,4-5H2,1H3. The molecule has 0 aliphatic rings. The highest BCUT2D eigenvalue weighted by Crippen LogP contribution is 2.21. The second kappa shape index (κ2) is 4.75. The summed E-state index contributed by atoms with van der Waals surface area (Å²) in [5.74, 6) is -0.564. The van der Waals surface area contributed by atoms with Crippen molar-refractivity contribution in [1.29, 1.82) is 0 Å². The molecule has 8 heteroatoms. The van der Waals surface area contributed by atoms with E-state index in [9.17, 15) is 13.2 Å². The van der Waals surface area contributed by atoms with Crippen LogP contribution < -0.4 is 5.76 Å². The summed E-state index contributed by atoms with van der Waals surface area (Å²) in [6.07, 6.45) is 0. The van der Waals surface area contributed by atoms with Gasteiger partial charge in [0, 0.05) is 23.9 Å². The van der Waals surface area contributed by atoms with Crippen molar-refractivity contribution in [3.05, 3.63) is 28.7 Å². The Balaban J connectivity index is 2.58. The van der Waals surface area contributed by atoms with Gasteiger partial charge >= 0.3 is 5.76 Å². The van der Waals surface area contributed by atoms with E-state index in [0.29, 0.717) is 18.7 Å². The van der Waals surface area contributed by atoms with Gasteiger partial charge in [0.05, 0.1) is 23.6 Å². The van der Waals surface area contributed by atoms with Crippen LogP contribution in [0.5, 0.6) is 0 Å². The fraction of sp³-hybridized carbons (Fsp3) is 0.300. The highest BCUT2D eigenvalue weighted by atomic mass is 35.7. The van der Waals surface area contributed by atoms with Crippen LogP contribution in [0.1, 0.15) is 0 Å². The predicted molar refractivity (Wildman–Crippen MR) is 65.4 cm³/mol. The lowest BCUT2D eigenvalue weighted by atomic mass is 10.3. The van der Waals surface area contributed by atoms with Crippen LogP contribution in [0.25, 0.3) is 11.1 Å². The molecule has 0 aliphatic heterocycles. The number of benzene rings is 1. The molecular weight excluding hydrogens is 282 g/mol. The monoisotopic (exact) mass is 291 g/mol. The number of aromatic nitrogens is 1. The van der Waals surface area contributed by atoms with Gasteiger partial charge < -0.3 is 9.15 Å². The third-order valence-electron chi connectivity index (χ3n) is 2.44. The molecule has 0 atom stereocenters. The van der Waals surface area contributed by atoms with E-state index in [1.807, 2.05) is 0 Å². The number of hydrogen-bond donors (Lipinski definition) is 0. The topological polar surface area (TPSA) is 78.5 Å². The number of nitrogens with zero attached hydrogens (tertiary/aromatic N) is 1. The number of oxazole rings is 1. The van der Waals surface area contributed by atoms with E-state index in [4.69, 9.17) is 19.8 Å². The van der Waals surface area contributed by atoms with Crippen LogP contribution in [0.2, 0.25) is 0 Å². The fourth-order valence-electron chi connectivity index (χ4n) is 1.59. The Morgan fingerprint density at radius 2 is 2.17 bits per heavy atom. The molecule has 0 radical (unpaired) electrons. The maximum atomic E-state index is 11.6. The molecular formula is C10H10ClNO5S. The predicted octanol–water partition coefficient (Wildman–Crippen LogP) is 1.17. The Morgan fingerprint density at radius 3 is 2.78 bits per heavy atom. The third-order valence-corrected chi connectivity index (χ3v) is 3.79. The SMILES string of the molecule is COCCn1c(=O)oc2cc(S(=O)(=O)Cl)ccc21. The van der Waals surface area contributed by atoms with Gasteiger partial charge in [-0.1, -0.05) is 0 Å². The molecule has 98 valence electrons. The summed E-state index contributed by atoms with van der Waals surface area (Å²) in [7, 11) is 2.90. The summed E-state index contributed by atoms with van der Waals surface area (Å²) in [6, 6.07) is 4.02. The summed E-state index contributed by atoms with van der Waals surface area (Å²) < 4.78 is 33.5. The van der Waals surface area contributed by atoms with Gasteiger partial charge in [0.1, 0.15) is 0 Å². The first-order valence-electron chi connectivity index (χ1n) is 5.00. The molecule has 2 aromatic rings. The minimum absolute atomic E-state index is 0.107. The summed E-state index contributed by atoms with van der Waals surface area (Å²) in [5, 5.41) is 0. The van der Waals surface area contributed by atoms with Crippen LogP contribution in [-0.2, 0) is 20.3 Å². The Kier molecular flexibility index (Phi) is 3.47. The summed E-state index contributed by atoms with van der Waals surface area (Å²) >= 11 is 0. The summed E-state index contributed by atoms with van der Waals surface area (Å²) in [4.78, 5) is 11.5. The number of hydrogen-bond acceptors (Lipinski definition) is 5. The van der Waals surface area contributed by atoms with Crippen LogP contribution in [0.15, 0.2) is 32.3 Å². The molecule has 1 heterocycles. The maximum Gasteiger partial charge on any atom is 0.420 e. The van der Waals surface area contributed by atoms with Gasteiger partial charge in [0.25, 0.3) is 9.05 Å². The molecule has 0 aliphatic carbocycles. The van der Waals surface area contributed by atoms with Crippen molar-refractivity contribution in [3.8, 4) is 0 Å². The largest absolute Gasteiger partial charge is 0.420 e. The molecule has 0 unspecified atom stereocenters. The first-order valence-corrected chi connectivity index (χ1v) is 7.31. The number of ether oxygens (including phenoxy) is 1. The Bertz CT molecular complexity index is 730. The van der Waals surface area contributed by atoms with Gasteiger partial charge in [-0.25, -0.2) is 13.2 Å². The molecule has 0 saturated heterocycles. The molecule has 0 spiro atoms. The number of methoxy groups -OCH3 is 1. The van der Waals surface area contributed by atoms with E-state index in [1.54, 1.807) is 0 Å². The normalized spacial score (nSPS) is 12.1. The quantitative estimate of drug-likeness (QED) is 0.790. The maximum absolute atomic E-state index is 11.6. The lowest BCUT2D eigenvalue weighted by Gasteiger charge is -2.00. The van der Waals surface area contributed by atoms with E-state index < -0.39 is 14.8 Å². The Hall–Kier alpha value is -1.31. The van der Waals surface area contributed by atoms with Gasteiger partial charge in [0.15, 0.2) is 5.58 Å². The summed E-state index contributed by atoms with van der Waals surface area (Å²) in [5.41, 5.74) is 0.680. The van der Waals surface area contributed by atoms with Crippen molar-refractivity contribution >= 4 is 30.8 Å². The first kappa shape index (κ1) is 13.1. The molecule has 18 heavy (non-hydrogen) atoms.